The Labute approximate surface area is 456 Å². The summed E-state index contributed by atoms with van der Waals surface area (Å²) in [6.45, 7) is 6.63. The third kappa shape index (κ3) is 60.9. The Kier molecular flexibility index (Phi) is 61.1. The molecule has 0 rings (SSSR count). The quantitative estimate of drug-likeness (QED) is 0.0261. The molecule has 0 saturated heterocycles. The monoisotopic (exact) mass is 1030 g/mol. The fourth-order valence-corrected chi connectivity index (χ4v) is 10.3. The fraction of sp³-hybridized carbons (Fsp3) is 0.925. The first-order chi connectivity index (χ1) is 36.0. The van der Waals surface area contributed by atoms with Gasteiger partial charge in [-0.3, -0.25) is 14.4 Å². The molecular weight excluding hydrogens is 901 g/mol. The van der Waals surface area contributed by atoms with Crippen LogP contribution in [0.5, 0.6) is 0 Å². The minimum absolute atomic E-state index is 0.0639. The number of carbonyl (C=O) groups excluding carboxylic acids is 3. The van der Waals surface area contributed by atoms with Gasteiger partial charge in [0.1, 0.15) is 13.2 Å². The van der Waals surface area contributed by atoms with E-state index < -0.39 is 6.10 Å². The molecule has 0 aromatic carbocycles. The van der Waals surface area contributed by atoms with Gasteiger partial charge in [0.05, 0.1) is 0 Å². The van der Waals surface area contributed by atoms with Crippen molar-refractivity contribution in [1.82, 2.24) is 0 Å². The summed E-state index contributed by atoms with van der Waals surface area (Å²) in [5.41, 5.74) is 0. The third-order valence-corrected chi connectivity index (χ3v) is 15.3. The highest BCUT2D eigenvalue weighted by Gasteiger charge is 2.19. The van der Waals surface area contributed by atoms with E-state index in [0.717, 1.165) is 64.2 Å². The normalized spacial score (nSPS) is 12.0. The smallest absolute Gasteiger partial charge is 0.306 e. The lowest BCUT2D eigenvalue weighted by atomic mass is 10.0. The minimum atomic E-state index is -0.761. The van der Waals surface area contributed by atoms with Gasteiger partial charge in [0.2, 0.25) is 0 Å². The molecule has 0 N–H and O–H groups in total. The predicted octanol–water partition coefficient (Wildman–Crippen LogP) is 22.4. The molecule has 0 amide bonds. The Morgan fingerprint density at radius 1 is 0.260 bits per heavy atom. The molecule has 0 heterocycles. The minimum Gasteiger partial charge on any atom is -0.462 e. The van der Waals surface area contributed by atoms with E-state index in [1.165, 1.54) is 276 Å². The van der Waals surface area contributed by atoms with Gasteiger partial charge in [-0.1, -0.05) is 328 Å². The summed E-state index contributed by atoms with van der Waals surface area (Å²) in [6, 6.07) is 0. The van der Waals surface area contributed by atoms with Crippen LogP contribution < -0.4 is 0 Å². The van der Waals surface area contributed by atoms with Crippen LogP contribution in [0.15, 0.2) is 12.2 Å². The van der Waals surface area contributed by atoms with Gasteiger partial charge in [-0.2, -0.15) is 0 Å². The van der Waals surface area contributed by atoms with Crippen molar-refractivity contribution < 1.29 is 28.6 Å². The van der Waals surface area contributed by atoms with Crippen LogP contribution in [0.2, 0.25) is 0 Å². The zero-order valence-electron chi connectivity index (χ0n) is 49.7. The van der Waals surface area contributed by atoms with Crippen molar-refractivity contribution in [3.05, 3.63) is 12.2 Å². The molecule has 1 unspecified atom stereocenters. The largest absolute Gasteiger partial charge is 0.462 e. The first kappa shape index (κ1) is 71.2. The molecule has 432 valence electrons. The van der Waals surface area contributed by atoms with Crippen molar-refractivity contribution in [2.45, 2.75) is 386 Å². The van der Waals surface area contributed by atoms with Crippen molar-refractivity contribution in [2.75, 3.05) is 13.2 Å². The standard InChI is InChI=1S/C67H128O6/c1-4-7-10-13-15-17-19-21-23-25-27-28-29-30-31-32-33-34-35-36-37-38-40-41-43-45-47-49-51-54-57-60-66(69)72-63-64(62-71-65(68)59-56-53-12-9-6-3)73-67(70)61-58-55-52-50-48-46-44-42-39-26-24-22-20-18-16-14-11-8-5-2/h25,27,64H,4-24,26,28-63H2,1-3H3/b27-25-. The van der Waals surface area contributed by atoms with Crippen LogP contribution in [0.3, 0.4) is 0 Å². The molecule has 73 heavy (non-hydrogen) atoms. The number of hydrogen-bond acceptors (Lipinski definition) is 6. The molecule has 0 bridgehead atoms. The average Bonchev–Trinajstić information content (AvgIpc) is 3.39. The van der Waals surface area contributed by atoms with Crippen LogP contribution in [0.1, 0.15) is 380 Å². The maximum Gasteiger partial charge on any atom is 0.306 e. The Morgan fingerprint density at radius 2 is 0.452 bits per heavy atom. The van der Waals surface area contributed by atoms with Crippen molar-refractivity contribution in [3.8, 4) is 0 Å². The van der Waals surface area contributed by atoms with Gasteiger partial charge in [0.15, 0.2) is 6.10 Å². The maximum atomic E-state index is 12.8. The molecule has 0 aromatic rings. The van der Waals surface area contributed by atoms with Crippen molar-refractivity contribution >= 4 is 17.9 Å². The van der Waals surface area contributed by atoms with Crippen LogP contribution in [0.25, 0.3) is 0 Å². The molecule has 0 radical (unpaired) electrons. The molecular formula is C67H128O6. The molecule has 0 aromatic heterocycles. The predicted molar refractivity (Wildman–Crippen MR) is 317 cm³/mol. The Hall–Kier alpha value is -1.85. The highest BCUT2D eigenvalue weighted by Crippen LogP contribution is 2.18. The second-order valence-electron chi connectivity index (χ2n) is 22.7. The lowest BCUT2D eigenvalue weighted by Crippen LogP contribution is -2.30. The van der Waals surface area contributed by atoms with Crippen LogP contribution in [-0.4, -0.2) is 37.2 Å². The van der Waals surface area contributed by atoms with Gasteiger partial charge >= 0.3 is 17.9 Å². The number of rotatable bonds is 62. The zero-order chi connectivity index (χ0) is 52.9. The number of ether oxygens (including phenoxy) is 3. The highest BCUT2D eigenvalue weighted by atomic mass is 16.6. The van der Waals surface area contributed by atoms with Gasteiger partial charge in [-0.05, 0) is 44.9 Å². The second-order valence-corrected chi connectivity index (χ2v) is 22.7. The summed E-state index contributed by atoms with van der Waals surface area (Å²) in [7, 11) is 0. The SMILES string of the molecule is CCCCCCCCCC/C=C\CCCCCCCCCCCCCCCCCCCCCC(=O)OCC(COC(=O)CCCCCCC)OC(=O)CCCCCCCCCCCCCCCCCCCCC. The summed E-state index contributed by atoms with van der Waals surface area (Å²) < 4.78 is 16.8. The third-order valence-electron chi connectivity index (χ3n) is 15.3. The number of esters is 3. The summed E-state index contributed by atoms with van der Waals surface area (Å²) >= 11 is 0. The van der Waals surface area contributed by atoms with Crippen molar-refractivity contribution in [3.63, 3.8) is 0 Å². The Morgan fingerprint density at radius 3 is 0.685 bits per heavy atom. The molecule has 0 saturated carbocycles. The summed E-state index contributed by atoms with van der Waals surface area (Å²) in [6.07, 6.45) is 74.4. The lowest BCUT2D eigenvalue weighted by Gasteiger charge is -2.18. The van der Waals surface area contributed by atoms with E-state index in [0.29, 0.717) is 19.3 Å². The molecule has 6 nitrogen and oxygen atoms in total. The van der Waals surface area contributed by atoms with E-state index in [9.17, 15) is 14.4 Å². The van der Waals surface area contributed by atoms with Gasteiger partial charge in [0.25, 0.3) is 0 Å². The van der Waals surface area contributed by atoms with Crippen LogP contribution in [-0.2, 0) is 28.6 Å². The lowest BCUT2D eigenvalue weighted by molar-refractivity contribution is -0.167. The van der Waals surface area contributed by atoms with Crippen molar-refractivity contribution in [1.29, 1.82) is 0 Å². The van der Waals surface area contributed by atoms with E-state index in [1.54, 1.807) is 0 Å². The molecule has 0 aliphatic heterocycles. The number of unbranched alkanes of at least 4 members (excludes halogenated alkanes) is 49. The molecule has 1 atom stereocenters. The second kappa shape index (κ2) is 62.7. The van der Waals surface area contributed by atoms with E-state index in [-0.39, 0.29) is 31.1 Å². The highest BCUT2D eigenvalue weighted by molar-refractivity contribution is 5.71. The maximum absolute atomic E-state index is 12.8. The van der Waals surface area contributed by atoms with Crippen LogP contribution in [0, 0.1) is 0 Å². The van der Waals surface area contributed by atoms with Gasteiger partial charge < -0.3 is 14.2 Å². The Bertz CT molecular complexity index is 1130. The Balaban J connectivity index is 3.90. The van der Waals surface area contributed by atoms with E-state index in [1.807, 2.05) is 0 Å². The summed E-state index contributed by atoms with van der Waals surface area (Å²) in [5, 5.41) is 0. The molecule has 0 fully saturated rings. The van der Waals surface area contributed by atoms with E-state index in [2.05, 4.69) is 32.9 Å². The van der Waals surface area contributed by atoms with Gasteiger partial charge in [-0.15, -0.1) is 0 Å². The number of allylic oxidation sites excluding steroid dienone is 2. The van der Waals surface area contributed by atoms with Gasteiger partial charge in [0, 0.05) is 19.3 Å². The number of carbonyl (C=O) groups is 3. The molecule has 6 heteroatoms. The number of hydrogen-bond donors (Lipinski definition) is 0. The van der Waals surface area contributed by atoms with E-state index in [4.69, 9.17) is 14.2 Å². The molecule has 0 aliphatic carbocycles. The van der Waals surface area contributed by atoms with Crippen molar-refractivity contribution in [2.24, 2.45) is 0 Å². The molecule has 0 spiro atoms. The first-order valence-corrected chi connectivity index (χ1v) is 33.2. The van der Waals surface area contributed by atoms with E-state index >= 15 is 0 Å². The first-order valence-electron chi connectivity index (χ1n) is 33.2. The summed E-state index contributed by atoms with van der Waals surface area (Å²) in [4.78, 5) is 37.9. The summed E-state index contributed by atoms with van der Waals surface area (Å²) in [5.74, 6) is -0.850. The fourth-order valence-electron chi connectivity index (χ4n) is 10.3. The van der Waals surface area contributed by atoms with Crippen LogP contribution >= 0.6 is 0 Å². The van der Waals surface area contributed by atoms with Gasteiger partial charge in [-0.25, -0.2) is 0 Å². The zero-order valence-corrected chi connectivity index (χ0v) is 49.7. The molecule has 0 aliphatic rings. The van der Waals surface area contributed by atoms with Crippen LogP contribution in [0.4, 0.5) is 0 Å². The topological polar surface area (TPSA) is 78.9 Å². The average molecular weight is 1030 g/mol.